The number of anilines is 1. The number of sulfone groups is 1. The Hall–Kier alpha value is -2.51. The molecule has 0 fully saturated rings. The lowest BCUT2D eigenvalue weighted by atomic mass is 10.0. The molecule has 1 N–H and O–H groups in total. The predicted molar refractivity (Wildman–Crippen MR) is 118 cm³/mol. The molecule has 0 aliphatic carbocycles. The second kappa shape index (κ2) is 8.47. The first-order valence-electron chi connectivity index (χ1n) is 9.39. The summed E-state index contributed by atoms with van der Waals surface area (Å²) in [5.41, 5.74) is 3.31. The first kappa shape index (κ1) is 21.2. The molecule has 7 heteroatoms. The molecule has 0 radical (unpaired) electrons. The third kappa shape index (κ3) is 4.74. The Kier molecular flexibility index (Phi) is 6.19. The summed E-state index contributed by atoms with van der Waals surface area (Å²) >= 11 is 1.33. The highest BCUT2D eigenvalue weighted by Gasteiger charge is 2.20. The highest BCUT2D eigenvalue weighted by molar-refractivity contribution is 7.92. The fourth-order valence-corrected chi connectivity index (χ4v) is 4.58. The Labute approximate surface area is 175 Å². The maximum absolute atomic E-state index is 12.6. The van der Waals surface area contributed by atoms with Gasteiger partial charge in [0.15, 0.2) is 15.0 Å². The molecule has 0 spiro atoms. The summed E-state index contributed by atoms with van der Waals surface area (Å²) in [7, 11) is -3.44. The SMILES string of the molecule is CC(C)c1ccc(-c2csc(NC(=O)c3cccc(S(=O)(=O)C(C)C)c3)n2)cc1. The molecule has 1 heterocycles. The average molecular weight is 429 g/mol. The molecule has 1 amide bonds. The van der Waals surface area contributed by atoms with Gasteiger partial charge < -0.3 is 0 Å². The van der Waals surface area contributed by atoms with Crippen LogP contribution >= 0.6 is 11.3 Å². The molecule has 3 aromatic rings. The molecular weight excluding hydrogens is 404 g/mol. The summed E-state index contributed by atoms with van der Waals surface area (Å²) in [4.78, 5) is 17.2. The van der Waals surface area contributed by atoms with Crippen LogP contribution in [0.2, 0.25) is 0 Å². The van der Waals surface area contributed by atoms with Gasteiger partial charge in [0.1, 0.15) is 0 Å². The van der Waals surface area contributed by atoms with E-state index < -0.39 is 15.1 Å². The van der Waals surface area contributed by atoms with E-state index in [9.17, 15) is 13.2 Å². The van der Waals surface area contributed by atoms with E-state index in [2.05, 4.69) is 36.3 Å². The third-order valence-corrected chi connectivity index (χ3v) is 7.55. The van der Waals surface area contributed by atoms with Crippen LogP contribution in [0.1, 0.15) is 49.5 Å². The smallest absolute Gasteiger partial charge is 0.257 e. The van der Waals surface area contributed by atoms with Gasteiger partial charge in [0, 0.05) is 16.5 Å². The van der Waals surface area contributed by atoms with E-state index in [1.165, 1.54) is 29.0 Å². The summed E-state index contributed by atoms with van der Waals surface area (Å²) in [6, 6.07) is 14.3. The number of rotatable bonds is 6. The molecule has 0 bridgehead atoms. The largest absolute Gasteiger partial charge is 0.298 e. The zero-order valence-corrected chi connectivity index (χ0v) is 18.5. The van der Waals surface area contributed by atoms with E-state index in [-0.39, 0.29) is 16.4 Å². The van der Waals surface area contributed by atoms with Crippen molar-refractivity contribution in [1.29, 1.82) is 0 Å². The van der Waals surface area contributed by atoms with Crippen molar-refractivity contribution < 1.29 is 13.2 Å². The van der Waals surface area contributed by atoms with E-state index in [1.54, 1.807) is 26.0 Å². The topological polar surface area (TPSA) is 76.1 Å². The van der Waals surface area contributed by atoms with Crippen LogP contribution in [-0.2, 0) is 9.84 Å². The minimum Gasteiger partial charge on any atom is -0.298 e. The van der Waals surface area contributed by atoms with Crippen LogP contribution in [0.15, 0.2) is 58.8 Å². The monoisotopic (exact) mass is 428 g/mol. The fraction of sp³-hybridized carbons (Fsp3) is 0.273. The molecule has 5 nitrogen and oxygen atoms in total. The Morgan fingerprint density at radius 3 is 2.34 bits per heavy atom. The zero-order valence-electron chi connectivity index (χ0n) is 16.8. The molecule has 3 rings (SSSR count). The highest BCUT2D eigenvalue weighted by Crippen LogP contribution is 2.27. The normalized spacial score (nSPS) is 11.8. The number of nitrogens with one attached hydrogen (secondary N) is 1. The van der Waals surface area contributed by atoms with Gasteiger partial charge in [-0.05, 0) is 43.5 Å². The van der Waals surface area contributed by atoms with Crippen LogP contribution in [0.4, 0.5) is 5.13 Å². The number of thiazole rings is 1. The highest BCUT2D eigenvalue weighted by atomic mass is 32.2. The van der Waals surface area contributed by atoms with Gasteiger partial charge in [-0.25, -0.2) is 13.4 Å². The number of hydrogen-bond donors (Lipinski definition) is 1. The van der Waals surface area contributed by atoms with Crippen molar-refractivity contribution in [1.82, 2.24) is 4.98 Å². The number of benzene rings is 2. The van der Waals surface area contributed by atoms with Gasteiger partial charge in [-0.1, -0.05) is 44.2 Å². The van der Waals surface area contributed by atoms with Gasteiger partial charge in [0.25, 0.3) is 5.91 Å². The molecule has 0 unspecified atom stereocenters. The Morgan fingerprint density at radius 1 is 1.03 bits per heavy atom. The van der Waals surface area contributed by atoms with Crippen molar-refractivity contribution in [3.8, 4) is 11.3 Å². The quantitative estimate of drug-likeness (QED) is 0.573. The number of hydrogen-bond acceptors (Lipinski definition) is 5. The lowest BCUT2D eigenvalue weighted by Gasteiger charge is -2.09. The number of aromatic nitrogens is 1. The summed E-state index contributed by atoms with van der Waals surface area (Å²) in [6.45, 7) is 7.53. The average Bonchev–Trinajstić information content (AvgIpc) is 3.16. The molecule has 0 aliphatic heterocycles. The molecule has 0 saturated heterocycles. The predicted octanol–water partition coefficient (Wildman–Crippen LogP) is 5.37. The van der Waals surface area contributed by atoms with Crippen LogP contribution in [0.3, 0.4) is 0 Å². The Balaban J connectivity index is 1.77. The number of nitrogens with zero attached hydrogens (tertiary/aromatic N) is 1. The van der Waals surface area contributed by atoms with Gasteiger partial charge in [-0.2, -0.15) is 0 Å². The van der Waals surface area contributed by atoms with Crippen LogP contribution in [0.5, 0.6) is 0 Å². The van der Waals surface area contributed by atoms with E-state index in [1.807, 2.05) is 17.5 Å². The van der Waals surface area contributed by atoms with E-state index in [0.717, 1.165) is 11.3 Å². The summed E-state index contributed by atoms with van der Waals surface area (Å²) in [6.07, 6.45) is 0. The van der Waals surface area contributed by atoms with Crippen LogP contribution in [0, 0.1) is 0 Å². The lowest BCUT2D eigenvalue weighted by Crippen LogP contribution is -2.16. The van der Waals surface area contributed by atoms with Crippen LogP contribution < -0.4 is 5.32 Å². The minimum atomic E-state index is -3.44. The summed E-state index contributed by atoms with van der Waals surface area (Å²) < 4.78 is 24.7. The first-order valence-corrected chi connectivity index (χ1v) is 11.8. The molecule has 0 aliphatic rings. The van der Waals surface area contributed by atoms with Gasteiger partial charge in [0.2, 0.25) is 0 Å². The molecule has 0 atom stereocenters. The van der Waals surface area contributed by atoms with Crippen molar-refractivity contribution >= 4 is 32.2 Å². The van der Waals surface area contributed by atoms with Crippen LogP contribution in [-0.4, -0.2) is 24.6 Å². The Morgan fingerprint density at radius 2 is 1.72 bits per heavy atom. The number of carbonyl (C=O) groups excluding carboxylic acids is 1. The standard InChI is InChI=1S/C22H24N2O3S2/c1-14(2)16-8-10-17(11-9-16)20-13-28-22(23-20)24-21(25)18-6-5-7-19(12-18)29(26,27)15(3)4/h5-15H,1-4H3,(H,23,24,25). The molecule has 2 aromatic carbocycles. The third-order valence-electron chi connectivity index (χ3n) is 4.64. The Bertz CT molecular complexity index is 1110. The van der Waals surface area contributed by atoms with Crippen LogP contribution in [0.25, 0.3) is 11.3 Å². The van der Waals surface area contributed by atoms with Gasteiger partial charge in [-0.3, -0.25) is 10.1 Å². The molecular formula is C22H24N2O3S2. The molecule has 0 saturated carbocycles. The number of carbonyl (C=O) groups is 1. The van der Waals surface area contributed by atoms with E-state index >= 15 is 0 Å². The van der Waals surface area contributed by atoms with Crippen molar-refractivity contribution in [2.45, 2.75) is 43.8 Å². The van der Waals surface area contributed by atoms with E-state index in [0.29, 0.717) is 11.0 Å². The van der Waals surface area contributed by atoms with Crippen molar-refractivity contribution in [2.75, 3.05) is 5.32 Å². The lowest BCUT2D eigenvalue weighted by molar-refractivity contribution is 0.102. The zero-order chi connectivity index (χ0) is 21.2. The van der Waals surface area contributed by atoms with Gasteiger partial charge in [-0.15, -0.1) is 11.3 Å². The second-order valence-electron chi connectivity index (χ2n) is 7.39. The van der Waals surface area contributed by atoms with Gasteiger partial charge >= 0.3 is 0 Å². The maximum Gasteiger partial charge on any atom is 0.257 e. The van der Waals surface area contributed by atoms with E-state index in [4.69, 9.17) is 0 Å². The summed E-state index contributed by atoms with van der Waals surface area (Å²) in [5, 5.41) is 4.56. The number of amides is 1. The summed E-state index contributed by atoms with van der Waals surface area (Å²) in [5.74, 6) is 0.0754. The maximum atomic E-state index is 12.6. The van der Waals surface area contributed by atoms with Crippen molar-refractivity contribution in [3.05, 3.63) is 65.0 Å². The molecule has 152 valence electrons. The second-order valence-corrected chi connectivity index (χ2v) is 10.8. The van der Waals surface area contributed by atoms with Crippen molar-refractivity contribution in [2.24, 2.45) is 0 Å². The van der Waals surface area contributed by atoms with Gasteiger partial charge in [0.05, 0.1) is 15.8 Å². The fourth-order valence-electron chi connectivity index (χ4n) is 2.76. The first-order chi connectivity index (χ1) is 13.7. The molecule has 1 aromatic heterocycles. The molecule has 29 heavy (non-hydrogen) atoms. The minimum absolute atomic E-state index is 0.144. The van der Waals surface area contributed by atoms with Crippen molar-refractivity contribution in [3.63, 3.8) is 0 Å².